The zero-order valence-electron chi connectivity index (χ0n) is 27.0. The fourth-order valence-corrected chi connectivity index (χ4v) is 6.94. The number of carbonyl (C=O) groups is 1. The summed E-state index contributed by atoms with van der Waals surface area (Å²) in [7, 11) is 0. The first-order chi connectivity index (χ1) is 26.1. The maximum absolute atomic E-state index is 16.1. The van der Waals surface area contributed by atoms with Crippen molar-refractivity contribution in [3.8, 4) is 0 Å². The summed E-state index contributed by atoms with van der Waals surface area (Å²) in [6, 6.07) is -2.91. The molecule has 298 valence electrons. The average Bonchev–Trinajstić information content (AvgIpc) is 3.16. The summed E-state index contributed by atoms with van der Waals surface area (Å²) in [5.74, 6) is -49.5. The van der Waals surface area contributed by atoms with Gasteiger partial charge >= 0.3 is 18.7 Å². The van der Waals surface area contributed by atoms with E-state index in [1.54, 1.807) is 0 Å². The predicted octanol–water partition coefficient (Wildman–Crippen LogP) is 8.80. The van der Waals surface area contributed by atoms with Crippen molar-refractivity contribution in [2.75, 3.05) is 4.81 Å². The second-order valence-corrected chi connectivity index (χ2v) is 12.4. The molecule has 23 heteroatoms. The molecule has 56 heavy (non-hydrogen) atoms. The highest BCUT2D eigenvalue weighted by atomic mass is 19.4. The van der Waals surface area contributed by atoms with E-state index in [2.05, 4.69) is 0 Å². The molecule has 0 unspecified atom stereocenters. The van der Waals surface area contributed by atoms with Crippen molar-refractivity contribution in [3.63, 3.8) is 0 Å². The van der Waals surface area contributed by atoms with Gasteiger partial charge in [-0.2, -0.15) is 17.7 Å². The Morgan fingerprint density at radius 3 is 1.34 bits per heavy atom. The molecule has 1 saturated carbocycles. The maximum atomic E-state index is 16.1. The van der Waals surface area contributed by atoms with E-state index in [0.29, 0.717) is 18.6 Å². The quantitative estimate of drug-likeness (QED) is 0.0664. The van der Waals surface area contributed by atoms with Gasteiger partial charge in [-0.1, -0.05) is 18.6 Å². The lowest BCUT2D eigenvalue weighted by molar-refractivity contribution is -0.483. The molecular weight excluding hydrogens is 809 g/mol. The van der Waals surface area contributed by atoms with E-state index in [1.807, 2.05) is 0 Å². The molecule has 0 saturated heterocycles. The van der Waals surface area contributed by atoms with Crippen LogP contribution in [0.2, 0.25) is 0 Å². The average molecular weight is 824 g/mol. The number of hydrogen-bond donors (Lipinski definition) is 0. The van der Waals surface area contributed by atoms with Crippen molar-refractivity contribution in [2.24, 2.45) is 0 Å². The van der Waals surface area contributed by atoms with Crippen molar-refractivity contribution in [1.82, 2.24) is 0 Å². The van der Waals surface area contributed by atoms with E-state index in [9.17, 15) is 39.9 Å². The van der Waals surface area contributed by atoms with Gasteiger partial charge in [-0.15, -0.1) is 0 Å². The van der Waals surface area contributed by atoms with E-state index in [4.69, 9.17) is 4.65 Å². The summed E-state index contributed by atoms with van der Waals surface area (Å²) in [5, 5.41) is 0. The number of nitrogens with zero attached hydrogens (tertiary/aromatic N) is 2. The summed E-state index contributed by atoms with van der Waals surface area (Å²) in [5.41, 5.74) is -12.6. The van der Waals surface area contributed by atoms with Crippen LogP contribution in [-0.4, -0.2) is 29.0 Å². The van der Waals surface area contributed by atoms with Gasteiger partial charge in [-0.3, -0.25) is 0 Å². The molecule has 2 amide bonds. The topological polar surface area (TPSA) is 32.6 Å². The van der Waals surface area contributed by atoms with Crippen molar-refractivity contribution >= 4 is 35.0 Å². The minimum absolute atomic E-state index is 0.00351. The zero-order valence-corrected chi connectivity index (χ0v) is 27.0. The van der Waals surface area contributed by atoms with Gasteiger partial charge in [0.05, 0.1) is 11.3 Å². The number of carbonyl (C=O) groups excluding carboxylic acids is 1. The SMILES string of the molecule is O=C1N(c2ccccc2C(F)(F)F)[B-](c2c(F)c(F)c(F)c(F)c2F)(c2c(F)c(F)c(F)c(F)c2F)OC(c2c(F)c(F)c(F)c(F)c2F)=[N+]1C1CCCCC1. The lowest BCUT2D eigenvalue weighted by Crippen LogP contribution is -2.81. The van der Waals surface area contributed by atoms with Gasteiger partial charge < -0.3 is 9.47 Å². The molecule has 0 N–H and O–H groups in total. The van der Waals surface area contributed by atoms with Crippen molar-refractivity contribution in [3.05, 3.63) is 123 Å². The number of halogens is 18. The molecule has 1 fully saturated rings. The van der Waals surface area contributed by atoms with Gasteiger partial charge in [0.25, 0.3) is 5.90 Å². The summed E-state index contributed by atoms with van der Waals surface area (Å²) in [4.78, 5) is 14.0. The molecule has 0 aromatic heterocycles. The Balaban J connectivity index is 1.99. The van der Waals surface area contributed by atoms with Gasteiger partial charge in [0, 0.05) is 0 Å². The highest BCUT2D eigenvalue weighted by Gasteiger charge is 2.63. The number of rotatable bonds is 5. The van der Waals surface area contributed by atoms with Crippen molar-refractivity contribution in [2.45, 2.75) is 44.3 Å². The normalized spacial score (nSPS) is 16.5. The third-order valence-corrected chi connectivity index (χ3v) is 9.38. The van der Waals surface area contributed by atoms with Crippen LogP contribution in [0.5, 0.6) is 0 Å². The highest BCUT2D eigenvalue weighted by Crippen LogP contribution is 2.42. The van der Waals surface area contributed by atoms with Crippen LogP contribution in [0.15, 0.2) is 24.3 Å². The Kier molecular flexibility index (Phi) is 10.1. The number of para-hydroxylation sites is 1. The van der Waals surface area contributed by atoms with Crippen LogP contribution in [0.25, 0.3) is 0 Å². The fraction of sp³-hybridized carbons (Fsp3) is 0.212. The van der Waals surface area contributed by atoms with E-state index in [1.165, 1.54) is 0 Å². The molecule has 4 nitrogen and oxygen atoms in total. The third-order valence-electron chi connectivity index (χ3n) is 9.38. The van der Waals surface area contributed by atoms with Crippen LogP contribution in [0.1, 0.15) is 43.2 Å². The standard InChI is InChI=1S/C33H15BF18N2O2/c35-16-13(17(36)23(42)28(47)22(16)41)31-53(10-6-2-1-3-7-10)32(55)54(12-9-5-4-8-11(12)33(50,51)52)34(56-31,14-18(37)24(43)29(48)25(44)19(14)38)15-20(39)26(45)30(49)27(46)21(15)40/h4-5,8-10H,1-3,6-7H2. The van der Waals surface area contributed by atoms with Gasteiger partial charge in [-0.25, -0.2) is 70.7 Å². The number of alkyl halides is 3. The highest BCUT2D eigenvalue weighted by molar-refractivity contribution is 7.03. The second kappa shape index (κ2) is 14.0. The van der Waals surface area contributed by atoms with E-state index in [0.717, 1.165) is 0 Å². The van der Waals surface area contributed by atoms with E-state index in [-0.39, 0.29) is 29.5 Å². The van der Waals surface area contributed by atoms with Gasteiger partial charge in [-0.05, 0) is 48.7 Å². The summed E-state index contributed by atoms with van der Waals surface area (Å²) in [6.45, 7) is -6.45. The summed E-state index contributed by atoms with van der Waals surface area (Å²) >= 11 is 0. The molecule has 4 aromatic rings. The van der Waals surface area contributed by atoms with Crippen LogP contribution in [0, 0.1) is 87.3 Å². The molecule has 4 aromatic carbocycles. The van der Waals surface area contributed by atoms with Crippen LogP contribution in [0.4, 0.5) is 89.5 Å². The molecule has 0 radical (unpaired) electrons. The van der Waals surface area contributed by atoms with Gasteiger partial charge in [0.15, 0.2) is 58.2 Å². The second-order valence-electron chi connectivity index (χ2n) is 12.4. The number of anilines is 1. The molecule has 1 aliphatic heterocycles. The van der Waals surface area contributed by atoms with Gasteiger partial charge in [0.1, 0.15) is 34.9 Å². The minimum Gasteiger partial charge on any atom is -0.640 e. The third kappa shape index (κ3) is 5.74. The first kappa shape index (κ1) is 40.3. The molecule has 1 aliphatic carbocycles. The Labute approximate surface area is 300 Å². The van der Waals surface area contributed by atoms with Crippen LogP contribution in [-0.2, 0) is 10.8 Å². The maximum Gasteiger partial charge on any atom is 0.458 e. The Morgan fingerprint density at radius 1 is 0.554 bits per heavy atom. The first-order valence-corrected chi connectivity index (χ1v) is 15.7. The lowest BCUT2D eigenvalue weighted by Gasteiger charge is -2.50. The van der Waals surface area contributed by atoms with Crippen molar-refractivity contribution < 1.29 is 93.1 Å². The largest absolute Gasteiger partial charge is 0.640 e. The Bertz CT molecular complexity index is 2220. The molecule has 0 atom stereocenters. The number of hydrogen-bond acceptors (Lipinski definition) is 2. The van der Waals surface area contributed by atoms with Crippen molar-refractivity contribution in [1.29, 1.82) is 0 Å². The molecule has 2 aliphatic rings. The van der Waals surface area contributed by atoms with E-state index >= 15 is 43.9 Å². The molecule has 6 rings (SSSR count). The number of benzene rings is 4. The molecular formula is C33H15BF18N2O2. The minimum atomic E-state index is -6.45. The number of urea groups is 1. The number of amides is 2. The molecule has 1 heterocycles. The van der Waals surface area contributed by atoms with Crippen LogP contribution < -0.4 is 15.7 Å². The smallest absolute Gasteiger partial charge is 0.458 e. The predicted molar refractivity (Wildman–Crippen MR) is 155 cm³/mol. The Hall–Kier alpha value is -5.38. The zero-order chi connectivity index (χ0) is 41.5. The van der Waals surface area contributed by atoms with Crippen LogP contribution in [0.3, 0.4) is 0 Å². The Morgan fingerprint density at radius 2 is 0.929 bits per heavy atom. The summed E-state index contributed by atoms with van der Waals surface area (Å²) < 4.78 is 278. The van der Waals surface area contributed by atoms with Gasteiger partial charge in [0.2, 0.25) is 5.82 Å². The lowest BCUT2D eigenvalue weighted by atomic mass is 9.38. The van der Waals surface area contributed by atoms with E-state index < -0.39 is 163 Å². The first-order valence-electron chi connectivity index (χ1n) is 15.7. The van der Waals surface area contributed by atoms with Crippen LogP contribution >= 0.6 is 0 Å². The monoisotopic (exact) mass is 824 g/mol. The molecule has 0 bridgehead atoms. The fourth-order valence-electron chi connectivity index (χ4n) is 6.94. The molecule has 0 spiro atoms. The summed E-state index contributed by atoms with van der Waals surface area (Å²) in [6.07, 6.45) is -6.32.